The summed E-state index contributed by atoms with van der Waals surface area (Å²) in [5.41, 5.74) is 0. The van der Waals surface area contributed by atoms with E-state index in [1.54, 1.807) is 19.2 Å². The first-order valence-electron chi connectivity index (χ1n) is 2.74. The molecule has 3 nitrogen and oxygen atoms in total. The van der Waals surface area contributed by atoms with E-state index in [-0.39, 0.29) is 0 Å². The van der Waals surface area contributed by atoms with Crippen molar-refractivity contribution in [1.29, 1.82) is 0 Å². The summed E-state index contributed by atoms with van der Waals surface area (Å²) in [5, 5.41) is 18.0. The Morgan fingerprint density at radius 2 is 2.20 bits per heavy atom. The topological polar surface area (TPSA) is 49.7 Å². The van der Waals surface area contributed by atoms with Gasteiger partial charge in [-0.05, 0) is 12.1 Å². The lowest BCUT2D eigenvalue weighted by Gasteiger charge is -1.90. The summed E-state index contributed by atoms with van der Waals surface area (Å²) in [6, 6.07) is 3.31. The van der Waals surface area contributed by atoms with E-state index in [2.05, 4.69) is 0 Å². The summed E-state index contributed by atoms with van der Waals surface area (Å²) in [7, 11) is 0.160. The van der Waals surface area contributed by atoms with Crippen molar-refractivity contribution in [3.8, 4) is 5.06 Å². The molecular formula is C5H7BO3S. The number of thiophene rings is 1. The first kappa shape index (κ1) is 7.59. The predicted molar refractivity (Wildman–Crippen MR) is 40.7 cm³/mol. The van der Waals surface area contributed by atoms with Crippen LogP contribution in [0, 0.1) is 0 Å². The third-order valence-corrected chi connectivity index (χ3v) is 2.14. The molecule has 0 aliphatic rings. The fourth-order valence-electron chi connectivity index (χ4n) is 0.583. The van der Waals surface area contributed by atoms with Crippen molar-refractivity contribution in [3.63, 3.8) is 0 Å². The van der Waals surface area contributed by atoms with Crippen LogP contribution in [0.3, 0.4) is 0 Å². The van der Waals surface area contributed by atoms with Crippen LogP contribution in [0.5, 0.6) is 5.06 Å². The van der Waals surface area contributed by atoms with Gasteiger partial charge in [0.1, 0.15) is 0 Å². The second kappa shape index (κ2) is 3.05. The molecular weight excluding hydrogens is 151 g/mol. The van der Waals surface area contributed by atoms with Gasteiger partial charge in [-0.2, -0.15) is 0 Å². The van der Waals surface area contributed by atoms with E-state index in [0.29, 0.717) is 9.84 Å². The zero-order valence-corrected chi connectivity index (χ0v) is 6.26. The summed E-state index contributed by atoms with van der Waals surface area (Å²) < 4.78 is 5.34. The molecule has 0 bridgehead atoms. The molecule has 1 rings (SSSR count). The van der Waals surface area contributed by atoms with Crippen LogP contribution in [-0.4, -0.2) is 24.3 Å². The van der Waals surface area contributed by atoms with Gasteiger partial charge >= 0.3 is 7.12 Å². The van der Waals surface area contributed by atoms with Gasteiger partial charge in [-0.15, -0.1) is 11.3 Å². The van der Waals surface area contributed by atoms with E-state index >= 15 is 0 Å². The zero-order chi connectivity index (χ0) is 7.56. The van der Waals surface area contributed by atoms with Crippen molar-refractivity contribution >= 4 is 23.2 Å². The van der Waals surface area contributed by atoms with Crippen LogP contribution in [-0.2, 0) is 0 Å². The minimum atomic E-state index is -1.38. The first-order chi connectivity index (χ1) is 4.74. The van der Waals surface area contributed by atoms with Crippen molar-refractivity contribution < 1.29 is 14.8 Å². The quantitative estimate of drug-likeness (QED) is 0.567. The molecule has 2 N–H and O–H groups in total. The van der Waals surface area contributed by atoms with Gasteiger partial charge in [0.05, 0.1) is 7.11 Å². The van der Waals surface area contributed by atoms with Crippen LogP contribution in [0.25, 0.3) is 0 Å². The maximum absolute atomic E-state index is 8.64. The maximum atomic E-state index is 8.64. The Labute approximate surface area is 63.0 Å². The molecule has 10 heavy (non-hydrogen) atoms. The lowest BCUT2D eigenvalue weighted by molar-refractivity contribution is 0.426. The number of hydrogen-bond acceptors (Lipinski definition) is 4. The monoisotopic (exact) mass is 158 g/mol. The fraction of sp³-hybridized carbons (Fsp3) is 0.200. The Morgan fingerprint density at radius 3 is 2.50 bits per heavy atom. The molecule has 0 aromatic carbocycles. The van der Waals surface area contributed by atoms with Gasteiger partial charge in [-0.3, -0.25) is 0 Å². The second-order valence-electron chi connectivity index (χ2n) is 1.73. The van der Waals surface area contributed by atoms with Crippen LogP contribution in [0.4, 0.5) is 0 Å². The van der Waals surface area contributed by atoms with Gasteiger partial charge in [0.25, 0.3) is 0 Å². The van der Waals surface area contributed by atoms with Crippen molar-refractivity contribution in [3.05, 3.63) is 12.1 Å². The van der Waals surface area contributed by atoms with Crippen LogP contribution < -0.4 is 9.51 Å². The Morgan fingerprint density at radius 1 is 1.50 bits per heavy atom. The van der Waals surface area contributed by atoms with E-state index in [4.69, 9.17) is 14.8 Å². The molecule has 1 heterocycles. The molecule has 1 aromatic rings. The van der Waals surface area contributed by atoms with E-state index in [9.17, 15) is 0 Å². The lowest BCUT2D eigenvalue weighted by atomic mass is 9.90. The molecule has 0 radical (unpaired) electrons. The molecule has 0 aliphatic carbocycles. The van der Waals surface area contributed by atoms with Crippen molar-refractivity contribution in [2.45, 2.75) is 0 Å². The van der Waals surface area contributed by atoms with Crippen LogP contribution in [0.15, 0.2) is 12.1 Å². The average molecular weight is 158 g/mol. The van der Waals surface area contributed by atoms with Gasteiger partial charge in [0, 0.05) is 4.78 Å². The minimum absolute atomic E-state index is 0.497. The molecule has 0 amide bonds. The Kier molecular flexibility index (Phi) is 2.31. The van der Waals surface area contributed by atoms with E-state index in [1.165, 1.54) is 11.3 Å². The van der Waals surface area contributed by atoms with Gasteiger partial charge in [-0.25, -0.2) is 0 Å². The minimum Gasteiger partial charge on any atom is -0.487 e. The summed E-state index contributed by atoms with van der Waals surface area (Å²) in [4.78, 5) is 0. The number of rotatable bonds is 2. The third-order valence-electron chi connectivity index (χ3n) is 1.06. The Balaban J connectivity index is 2.78. The third kappa shape index (κ3) is 1.50. The summed E-state index contributed by atoms with van der Waals surface area (Å²) in [5.74, 6) is 0. The maximum Gasteiger partial charge on any atom is 0.499 e. The SMILES string of the molecule is COc1ccc(B(O)O)s1. The standard InChI is InChI=1S/C5H7BO3S/c1-9-5-3-2-4(10-5)6(7)8/h2-3,7-8H,1H3. The number of hydrogen-bond donors (Lipinski definition) is 2. The van der Waals surface area contributed by atoms with Crippen molar-refractivity contribution in [2.24, 2.45) is 0 Å². The molecule has 0 unspecified atom stereocenters. The highest BCUT2D eigenvalue weighted by molar-refractivity contribution is 7.23. The molecule has 0 saturated carbocycles. The van der Waals surface area contributed by atoms with E-state index in [0.717, 1.165) is 0 Å². The molecule has 0 spiro atoms. The molecule has 54 valence electrons. The lowest BCUT2D eigenvalue weighted by Crippen LogP contribution is -2.26. The number of methoxy groups -OCH3 is 1. The zero-order valence-electron chi connectivity index (χ0n) is 5.44. The highest BCUT2D eigenvalue weighted by Crippen LogP contribution is 2.15. The fourth-order valence-corrected chi connectivity index (χ4v) is 1.28. The van der Waals surface area contributed by atoms with E-state index in [1.807, 2.05) is 0 Å². The van der Waals surface area contributed by atoms with Crippen molar-refractivity contribution in [2.75, 3.05) is 7.11 Å². The molecule has 0 saturated heterocycles. The van der Waals surface area contributed by atoms with Crippen LogP contribution in [0.1, 0.15) is 0 Å². The van der Waals surface area contributed by atoms with Gasteiger partial charge < -0.3 is 14.8 Å². The largest absolute Gasteiger partial charge is 0.499 e. The second-order valence-corrected chi connectivity index (χ2v) is 2.81. The first-order valence-corrected chi connectivity index (χ1v) is 3.55. The Hall–Kier alpha value is -0.515. The molecule has 0 atom stereocenters. The Bertz CT molecular complexity index is 210. The smallest absolute Gasteiger partial charge is 0.487 e. The van der Waals surface area contributed by atoms with Crippen molar-refractivity contribution in [1.82, 2.24) is 0 Å². The van der Waals surface area contributed by atoms with E-state index < -0.39 is 7.12 Å². The molecule has 5 heteroatoms. The van der Waals surface area contributed by atoms with Crippen LogP contribution >= 0.6 is 11.3 Å². The highest BCUT2D eigenvalue weighted by atomic mass is 32.1. The molecule has 0 fully saturated rings. The van der Waals surface area contributed by atoms with Gasteiger partial charge in [0.2, 0.25) is 0 Å². The normalized spacial score (nSPS) is 9.50. The summed E-state index contributed by atoms with van der Waals surface area (Å²) in [6.07, 6.45) is 0. The van der Waals surface area contributed by atoms with Gasteiger partial charge in [0.15, 0.2) is 5.06 Å². The van der Waals surface area contributed by atoms with Crippen LogP contribution in [0.2, 0.25) is 0 Å². The summed E-state index contributed by atoms with van der Waals surface area (Å²) >= 11 is 1.22. The summed E-state index contributed by atoms with van der Waals surface area (Å²) in [6.45, 7) is 0. The highest BCUT2D eigenvalue weighted by Gasteiger charge is 2.13. The molecule has 1 aromatic heterocycles. The molecule has 0 aliphatic heterocycles. The predicted octanol–water partition coefficient (Wildman–Crippen LogP) is -0.564. The van der Waals surface area contributed by atoms with Gasteiger partial charge in [-0.1, -0.05) is 0 Å². The number of ether oxygens (including phenoxy) is 1. The average Bonchev–Trinajstić information content (AvgIpc) is 2.34.